The Balaban J connectivity index is 0.00000200. The Bertz CT molecular complexity index is 454. The van der Waals surface area contributed by atoms with Crippen LogP contribution in [0.15, 0.2) is 16.6 Å². The van der Waals surface area contributed by atoms with Crippen molar-refractivity contribution in [3.05, 3.63) is 22.2 Å². The fourth-order valence-corrected chi connectivity index (χ4v) is 2.89. The van der Waals surface area contributed by atoms with Gasteiger partial charge in [0.05, 0.1) is 30.8 Å². The summed E-state index contributed by atoms with van der Waals surface area (Å²) in [5, 5.41) is 10.3. The third kappa shape index (κ3) is 3.39. The SMILES string of the molecule is COc1cc([C@H](N)[C@H](O)C2CCC2)c(OC)cc1Br.Cl. The van der Waals surface area contributed by atoms with Crippen LogP contribution in [0.1, 0.15) is 30.9 Å². The molecule has 2 atom stereocenters. The van der Waals surface area contributed by atoms with Crippen molar-refractivity contribution < 1.29 is 14.6 Å². The average Bonchev–Trinajstić information content (AvgIpc) is 2.35. The van der Waals surface area contributed by atoms with E-state index in [4.69, 9.17) is 15.2 Å². The van der Waals surface area contributed by atoms with Crippen LogP contribution in [0.25, 0.3) is 0 Å². The van der Waals surface area contributed by atoms with E-state index in [1.165, 1.54) is 6.42 Å². The average molecular weight is 367 g/mol. The number of aliphatic hydroxyl groups excluding tert-OH is 1. The van der Waals surface area contributed by atoms with Gasteiger partial charge < -0.3 is 20.3 Å². The van der Waals surface area contributed by atoms with Crippen molar-refractivity contribution in [3.8, 4) is 11.5 Å². The zero-order chi connectivity index (χ0) is 14.0. The number of nitrogens with two attached hydrogens (primary N) is 1. The predicted molar refractivity (Wildman–Crippen MR) is 84.8 cm³/mol. The minimum Gasteiger partial charge on any atom is -0.496 e. The molecule has 1 aromatic rings. The molecular formula is C14H21BrClNO3. The van der Waals surface area contributed by atoms with Gasteiger partial charge in [-0.05, 0) is 46.8 Å². The van der Waals surface area contributed by atoms with Crippen molar-refractivity contribution in [2.75, 3.05) is 14.2 Å². The Morgan fingerprint density at radius 1 is 1.25 bits per heavy atom. The van der Waals surface area contributed by atoms with E-state index in [0.29, 0.717) is 17.4 Å². The summed E-state index contributed by atoms with van der Waals surface area (Å²) >= 11 is 3.41. The minimum atomic E-state index is -0.534. The fraction of sp³-hybridized carbons (Fsp3) is 0.571. The highest BCUT2D eigenvalue weighted by Gasteiger charge is 2.32. The van der Waals surface area contributed by atoms with E-state index < -0.39 is 12.1 Å². The second kappa shape index (κ2) is 7.50. The van der Waals surface area contributed by atoms with Crippen molar-refractivity contribution in [2.24, 2.45) is 11.7 Å². The van der Waals surface area contributed by atoms with Crippen LogP contribution in [0.2, 0.25) is 0 Å². The molecule has 3 N–H and O–H groups in total. The van der Waals surface area contributed by atoms with Gasteiger partial charge in [0.25, 0.3) is 0 Å². The van der Waals surface area contributed by atoms with Crippen molar-refractivity contribution >= 4 is 28.3 Å². The molecule has 4 nitrogen and oxygen atoms in total. The summed E-state index contributed by atoms with van der Waals surface area (Å²) in [4.78, 5) is 0. The Morgan fingerprint density at radius 2 is 1.85 bits per heavy atom. The maximum atomic E-state index is 10.3. The van der Waals surface area contributed by atoms with Crippen LogP contribution >= 0.6 is 28.3 Å². The molecule has 114 valence electrons. The van der Waals surface area contributed by atoms with E-state index in [2.05, 4.69) is 15.9 Å². The van der Waals surface area contributed by atoms with Crippen LogP contribution in [-0.4, -0.2) is 25.4 Å². The summed E-state index contributed by atoms with van der Waals surface area (Å²) in [5.41, 5.74) is 6.98. The Labute approximate surface area is 134 Å². The summed E-state index contributed by atoms with van der Waals surface area (Å²) < 4.78 is 11.4. The summed E-state index contributed by atoms with van der Waals surface area (Å²) in [5.74, 6) is 1.65. The Hall–Kier alpha value is -0.490. The number of hydrogen-bond acceptors (Lipinski definition) is 4. The molecule has 0 spiro atoms. The molecular weight excluding hydrogens is 346 g/mol. The summed E-state index contributed by atoms with van der Waals surface area (Å²) in [6.45, 7) is 0. The molecule has 1 fully saturated rings. The minimum absolute atomic E-state index is 0. The highest BCUT2D eigenvalue weighted by atomic mass is 79.9. The molecule has 2 rings (SSSR count). The lowest BCUT2D eigenvalue weighted by Gasteiger charge is -2.34. The van der Waals surface area contributed by atoms with E-state index >= 15 is 0 Å². The molecule has 0 saturated heterocycles. The van der Waals surface area contributed by atoms with Crippen molar-refractivity contribution in [2.45, 2.75) is 31.4 Å². The predicted octanol–water partition coefficient (Wildman–Crippen LogP) is 3.05. The standard InChI is InChI=1S/C14H20BrNO3.ClH/c1-18-11-7-10(15)12(19-2)6-9(11)13(16)14(17)8-4-3-5-8;/h6-8,13-14,17H,3-5,16H2,1-2H3;1H/t13-,14+;/m0./s1. The summed E-state index contributed by atoms with van der Waals surface area (Å²) in [6.07, 6.45) is 2.74. The third-order valence-electron chi connectivity index (χ3n) is 3.86. The first-order valence-electron chi connectivity index (χ1n) is 6.43. The molecule has 1 aromatic carbocycles. The topological polar surface area (TPSA) is 64.7 Å². The molecule has 0 aliphatic heterocycles. The highest BCUT2D eigenvalue weighted by Crippen LogP contribution is 2.40. The van der Waals surface area contributed by atoms with Crippen LogP contribution in [0, 0.1) is 5.92 Å². The normalized spacial score (nSPS) is 17.6. The lowest BCUT2D eigenvalue weighted by Crippen LogP contribution is -2.36. The third-order valence-corrected chi connectivity index (χ3v) is 4.48. The van der Waals surface area contributed by atoms with Crippen LogP contribution in [0.5, 0.6) is 11.5 Å². The molecule has 0 amide bonds. The molecule has 20 heavy (non-hydrogen) atoms. The molecule has 0 heterocycles. The van der Waals surface area contributed by atoms with Gasteiger partial charge in [-0.25, -0.2) is 0 Å². The van der Waals surface area contributed by atoms with Gasteiger partial charge in [0.2, 0.25) is 0 Å². The Morgan fingerprint density at radius 3 is 2.30 bits per heavy atom. The van der Waals surface area contributed by atoms with E-state index in [0.717, 1.165) is 22.9 Å². The zero-order valence-corrected chi connectivity index (χ0v) is 14.0. The molecule has 1 aliphatic rings. The van der Waals surface area contributed by atoms with Gasteiger partial charge in [-0.15, -0.1) is 12.4 Å². The number of methoxy groups -OCH3 is 2. The van der Waals surface area contributed by atoms with Crippen molar-refractivity contribution in [1.82, 2.24) is 0 Å². The summed E-state index contributed by atoms with van der Waals surface area (Å²) in [6, 6.07) is 3.19. The zero-order valence-electron chi connectivity index (χ0n) is 11.6. The van der Waals surface area contributed by atoms with Gasteiger partial charge in [-0.2, -0.15) is 0 Å². The van der Waals surface area contributed by atoms with Gasteiger partial charge in [-0.3, -0.25) is 0 Å². The van der Waals surface area contributed by atoms with Gasteiger partial charge in [0.15, 0.2) is 0 Å². The number of ether oxygens (including phenoxy) is 2. The first-order valence-corrected chi connectivity index (χ1v) is 7.22. The maximum absolute atomic E-state index is 10.3. The number of rotatable bonds is 5. The highest BCUT2D eigenvalue weighted by molar-refractivity contribution is 9.10. The maximum Gasteiger partial charge on any atom is 0.133 e. The number of hydrogen-bond donors (Lipinski definition) is 2. The van der Waals surface area contributed by atoms with Crippen molar-refractivity contribution in [3.63, 3.8) is 0 Å². The smallest absolute Gasteiger partial charge is 0.133 e. The lowest BCUT2D eigenvalue weighted by atomic mass is 9.77. The number of benzene rings is 1. The molecule has 0 aromatic heterocycles. The van der Waals surface area contributed by atoms with Crippen LogP contribution in [0.3, 0.4) is 0 Å². The monoisotopic (exact) mass is 365 g/mol. The molecule has 0 bridgehead atoms. The van der Waals surface area contributed by atoms with Crippen LogP contribution < -0.4 is 15.2 Å². The number of halogens is 2. The molecule has 0 radical (unpaired) electrons. The quantitative estimate of drug-likeness (QED) is 0.840. The largest absolute Gasteiger partial charge is 0.496 e. The molecule has 0 unspecified atom stereocenters. The fourth-order valence-electron chi connectivity index (χ4n) is 2.40. The first kappa shape index (κ1) is 17.6. The molecule has 1 saturated carbocycles. The first-order chi connectivity index (χ1) is 9.08. The lowest BCUT2D eigenvalue weighted by molar-refractivity contribution is 0.0407. The van der Waals surface area contributed by atoms with Gasteiger partial charge in [-0.1, -0.05) is 6.42 Å². The van der Waals surface area contributed by atoms with Crippen molar-refractivity contribution in [1.29, 1.82) is 0 Å². The summed E-state index contributed by atoms with van der Waals surface area (Å²) in [7, 11) is 3.20. The Kier molecular flexibility index (Phi) is 6.58. The molecule has 1 aliphatic carbocycles. The van der Waals surface area contributed by atoms with E-state index in [9.17, 15) is 5.11 Å². The van der Waals surface area contributed by atoms with Crippen LogP contribution in [-0.2, 0) is 0 Å². The van der Waals surface area contributed by atoms with Crippen LogP contribution in [0.4, 0.5) is 0 Å². The second-order valence-electron chi connectivity index (χ2n) is 4.94. The molecule has 6 heteroatoms. The van der Waals surface area contributed by atoms with Gasteiger partial charge in [0.1, 0.15) is 11.5 Å². The number of aliphatic hydroxyl groups is 1. The van der Waals surface area contributed by atoms with E-state index in [1.54, 1.807) is 14.2 Å². The van der Waals surface area contributed by atoms with E-state index in [1.807, 2.05) is 12.1 Å². The van der Waals surface area contributed by atoms with Gasteiger partial charge in [0, 0.05) is 5.56 Å². The van der Waals surface area contributed by atoms with Gasteiger partial charge >= 0.3 is 0 Å². The van der Waals surface area contributed by atoms with E-state index in [-0.39, 0.29) is 12.4 Å². The second-order valence-corrected chi connectivity index (χ2v) is 5.79.